The minimum Gasteiger partial charge on any atom is -0.432 e. The van der Waals surface area contributed by atoms with Crippen LogP contribution in [0, 0.1) is 5.82 Å². The van der Waals surface area contributed by atoms with Gasteiger partial charge in [-0.1, -0.05) is 6.92 Å². The van der Waals surface area contributed by atoms with E-state index in [1.807, 2.05) is 6.92 Å². The molecular weight excluding hydrogens is 325 g/mol. The predicted molar refractivity (Wildman–Crippen MR) is 80.9 cm³/mol. The van der Waals surface area contributed by atoms with Crippen molar-refractivity contribution in [3.63, 3.8) is 0 Å². The lowest BCUT2D eigenvalue weighted by Gasteiger charge is -2.13. The Labute approximate surface area is 133 Å². The standard InChI is InChI=1S/C14H16FN3O4S/c1-3-9(2)18-23(20,21)10-4-5-12(15)11(8-10)13(19)17-14-16-6-7-22-14/h4-9,18H,3H2,1-2H3,(H,16,17,19). The molecular formula is C14H16FN3O4S. The molecule has 1 heterocycles. The summed E-state index contributed by atoms with van der Waals surface area (Å²) in [5.74, 6) is -1.71. The van der Waals surface area contributed by atoms with Crippen molar-refractivity contribution in [2.24, 2.45) is 0 Å². The molecule has 0 bridgehead atoms. The van der Waals surface area contributed by atoms with Gasteiger partial charge in [-0.2, -0.15) is 0 Å². The second-order valence-corrected chi connectivity index (χ2v) is 6.58. The van der Waals surface area contributed by atoms with Gasteiger partial charge in [-0.15, -0.1) is 0 Å². The molecule has 2 N–H and O–H groups in total. The van der Waals surface area contributed by atoms with Crippen molar-refractivity contribution in [2.45, 2.75) is 31.2 Å². The van der Waals surface area contributed by atoms with Crippen LogP contribution in [0.2, 0.25) is 0 Å². The van der Waals surface area contributed by atoms with Crippen LogP contribution in [0.4, 0.5) is 10.4 Å². The van der Waals surface area contributed by atoms with E-state index in [0.29, 0.717) is 6.42 Å². The summed E-state index contributed by atoms with van der Waals surface area (Å²) in [6.45, 7) is 3.53. The van der Waals surface area contributed by atoms with Crippen molar-refractivity contribution in [3.8, 4) is 0 Å². The van der Waals surface area contributed by atoms with Gasteiger partial charge in [0.05, 0.1) is 16.7 Å². The van der Waals surface area contributed by atoms with Gasteiger partial charge in [-0.25, -0.2) is 22.5 Å². The van der Waals surface area contributed by atoms with Gasteiger partial charge < -0.3 is 4.42 Å². The lowest BCUT2D eigenvalue weighted by Crippen LogP contribution is -2.32. The topological polar surface area (TPSA) is 101 Å². The van der Waals surface area contributed by atoms with Crippen LogP contribution in [-0.4, -0.2) is 25.4 Å². The second-order valence-electron chi connectivity index (χ2n) is 4.86. The van der Waals surface area contributed by atoms with Gasteiger partial charge in [-0.3, -0.25) is 10.1 Å². The van der Waals surface area contributed by atoms with E-state index in [4.69, 9.17) is 4.42 Å². The van der Waals surface area contributed by atoms with E-state index in [0.717, 1.165) is 18.2 Å². The van der Waals surface area contributed by atoms with E-state index in [-0.39, 0.29) is 17.0 Å². The minimum atomic E-state index is -3.84. The Morgan fingerprint density at radius 3 is 2.78 bits per heavy atom. The van der Waals surface area contributed by atoms with Crippen LogP contribution in [0.3, 0.4) is 0 Å². The number of rotatable bonds is 6. The number of benzene rings is 1. The summed E-state index contributed by atoms with van der Waals surface area (Å²) in [4.78, 5) is 15.5. The molecule has 1 aromatic heterocycles. The molecule has 1 atom stereocenters. The minimum absolute atomic E-state index is 0.111. The molecule has 1 amide bonds. The average Bonchev–Trinajstić information content (AvgIpc) is 2.99. The second kappa shape index (κ2) is 6.88. The maximum Gasteiger partial charge on any atom is 0.301 e. The van der Waals surface area contributed by atoms with Gasteiger partial charge in [0, 0.05) is 6.04 Å². The molecule has 9 heteroatoms. The third-order valence-corrected chi connectivity index (χ3v) is 4.70. The maximum atomic E-state index is 13.8. The fourth-order valence-corrected chi connectivity index (χ4v) is 3.06. The van der Waals surface area contributed by atoms with Crippen molar-refractivity contribution >= 4 is 21.9 Å². The maximum absolute atomic E-state index is 13.8. The number of hydrogen-bond acceptors (Lipinski definition) is 5. The van der Waals surface area contributed by atoms with E-state index in [2.05, 4.69) is 15.0 Å². The van der Waals surface area contributed by atoms with Gasteiger partial charge in [0.25, 0.3) is 5.91 Å². The Balaban J connectivity index is 2.30. The summed E-state index contributed by atoms with van der Waals surface area (Å²) >= 11 is 0. The average molecular weight is 341 g/mol. The van der Waals surface area contributed by atoms with Gasteiger partial charge >= 0.3 is 6.01 Å². The first-order chi connectivity index (χ1) is 10.8. The molecule has 0 radical (unpaired) electrons. The molecule has 0 spiro atoms. The zero-order valence-electron chi connectivity index (χ0n) is 12.5. The smallest absolute Gasteiger partial charge is 0.301 e. The highest BCUT2D eigenvalue weighted by Crippen LogP contribution is 2.17. The third-order valence-electron chi connectivity index (χ3n) is 3.11. The monoisotopic (exact) mass is 341 g/mol. The number of nitrogens with one attached hydrogen (secondary N) is 2. The van der Waals surface area contributed by atoms with Gasteiger partial charge in [0.15, 0.2) is 0 Å². The lowest BCUT2D eigenvalue weighted by molar-refractivity contribution is 0.102. The Morgan fingerprint density at radius 1 is 1.43 bits per heavy atom. The van der Waals surface area contributed by atoms with Gasteiger partial charge in [0.2, 0.25) is 10.0 Å². The summed E-state index contributed by atoms with van der Waals surface area (Å²) in [7, 11) is -3.84. The zero-order valence-corrected chi connectivity index (χ0v) is 13.4. The molecule has 0 fully saturated rings. The first kappa shape index (κ1) is 17.1. The number of nitrogens with zero attached hydrogens (tertiary/aromatic N) is 1. The summed E-state index contributed by atoms with van der Waals surface area (Å²) in [6, 6.07) is 2.60. The molecule has 2 aromatic rings. The number of carbonyl (C=O) groups is 1. The lowest BCUT2D eigenvalue weighted by atomic mass is 10.2. The van der Waals surface area contributed by atoms with Crippen molar-refractivity contribution in [2.75, 3.05) is 5.32 Å². The van der Waals surface area contributed by atoms with Gasteiger partial charge in [-0.05, 0) is 31.5 Å². The van der Waals surface area contributed by atoms with Crippen molar-refractivity contribution in [1.29, 1.82) is 0 Å². The van der Waals surface area contributed by atoms with Crippen molar-refractivity contribution < 1.29 is 22.0 Å². The Hall–Kier alpha value is -2.26. The molecule has 1 aromatic carbocycles. The summed E-state index contributed by atoms with van der Waals surface area (Å²) in [6.07, 6.45) is 3.14. The van der Waals surface area contributed by atoms with Crippen molar-refractivity contribution in [3.05, 3.63) is 42.0 Å². The molecule has 0 aliphatic carbocycles. The van der Waals surface area contributed by atoms with Crippen LogP contribution in [-0.2, 0) is 10.0 Å². The molecule has 7 nitrogen and oxygen atoms in total. The SMILES string of the molecule is CCC(C)NS(=O)(=O)c1ccc(F)c(C(=O)Nc2ncco2)c1. The molecule has 0 aliphatic heterocycles. The number of oxazole rings is 1. The zero-order chi connectivity index (χ0) is 17.0. The van der Waals surface area contributed by atoms with E-state index in [1.54, 1.807) is 6.92 Å². The normalized spacial score (nSPS) is 12.8. The first-order valence-corrected chi connectivity index (χ1v) is 8.34. The van der Waals surface area contributed by atoms with Crippen molar-refractivity contribution in [1.82, 2.24) is 9.71 Å². The third kappa shape index (κ3) is 4.14. The highest BCUT2D eigenvalue weighted by atomic mass is 32.2. The largest absolute Gasteiger partial charge is 0.432 e. The molecule has 0 saturated carbocycles. The van der Waals surface area contributed by atoms with Gasteiger partial charge in [0.1, 0.15) is 12.1 Å². The number of halogens is 1. The molecule has 124 valence electrons. The van der Waals surface area contributed by atoms with Crippen LogP contribution >= 0.6 is 0 Å². The molecule has 0 saturated heterocycles. The van der Waals surface area contributed by atoms with Crippen LogP contribution in [0.15, 0.2) is 40.0 Å². The fourth-order valence-electron chi connectivity index (χ4n) is 1.71. The number of anilines is 1. The van der Waals surface area contributed by atoms with Crippen LogP contribution in [0.25, 0.3) is 0 Å². The van der Waals surface area contributed by atoms with E-state index in [1.165, 1.54) is 12.5 Å². The molecule has 2 rings (SSSR count). The van der Waals surface area contributed by atoms with Crippen LogP contribution in [0.5, 0.6) is 0 Å². The number of amides is 1. The molecule has 23 heavy (non-hydrogen) atoms. The highest BCUT2D eigenvalue weighted by molar-refractivity contribution is 7.89. The highest BCUT2D eigenvalue weighted by Gasteiger charge is 2.21. The number of hydrogen-bond donors (Lipinski definition) is 2. The van der Waals surface area contributed by atoms with Crippen LogP contribution in [0.1, 0.15) is 30.6 Å². The molecule has 0 aliphatic rings. The Morgan fingerprint density at radius 2 is 2.17 bits per heavy atom. The summed E-state index contributed by atoms with van der Waals surface area (Å²) in [5, 5.41) is 2.24. The number of carbonyl (C=O) groups excluding carboxylic acids is 1. The first-order valence-electron chi connectivity index (χ1n) is 6.86. The Kier molecular flexibility index (Phi) is 5.12. The van der Waals surface area contributed by atoms with Crippen LogP contribution < -0.4 is 10.0 Å². The van der Waals surface area contributed by atoms with E-state index < -0.39 is 27.3 Å². The summed E-state index contributed by atoms with van der Waals surface area (Å²) in [5.41, 5.74) is -0.421. The molecule has 1 unspecified atom stereocenters. The summed E-state index contributed by atoms with van der Waals surface area (Å²) < 4.78 is 45.5. The fraction of sp³-hybridized carbons (Fsp3) is 0.286. The number of sulfonamides is 1. The number of aromatic nitrogens is 1. The van der Waals surface area contributed by atoms with E-state index in [9.17, 15) is 17.6 Å². The Bertz CT molecular complexity index is 790. The van der Waals surface area contributed by atoms with E-state index >= 15 is 0 Å². The quantitative estimate of drug-likeness (QED) is 0.838. The predicted octanol–water partition coefficient (Wildman–Crippen LogP) is 2.14.